The molecule has 0 heterocycles. The van der Waals surface area contributed by atoms with Crippen molar-refractivity contribution in [2.24, 2.45) is 0 Å². The van der Waals surface area contributed by atoms with Gasteiger partial charge in [-0.2, -0.15) is 0 Å². The second-order valence-electron chi connectivity index (χ2n) is 9.64. The van der Waals surface area contributed by atoms with E-state index in [0.717, 1.165) is 50.5 Å². The lowest BCUT2D eigenvalue weighted by atomic mass is 9.76. The Hall–Kier alpha value is -3.31. The number of carbonyl (C=O) groups is 2. The van der Waals surface area contributed by atoms with E-state index in [1.807, 2.05) is 63.2 Å². The zero-order valence-electron chi connectivity index (χ0n) is 20.5. The van der Waals surface area contributed by atoms with Gasteiger partial charge in [-0.25, -0.2) is 4.79 Å². The summed E-state index contributed by atoms with van der Waals surface area (Å²) >= 11 is 6.17. The van der Waals surface area contributed by atoms with Gasteiger partial charge in [0.25, 0.3) is 5.91 Å². The van der Waals surface area contributed by atoms with Crippen LogP contribution in [0.5, 0.6) is 0 Å². The summed E-state index contributed by atoms with van der Waals surface area (Å²) in [6, 6.07) is 18.3. The zero-order chi connectivity index (χ0) is 25.3. The Labute approximate surface area is 211 Å². The van der Waals surface area contributed by atoms with Crippen LogP contribution in [0.1, 0.15) is 64.8 Å². The first-order chi connectivity index (χ1) is 16.6. The van der Waals surface area contributed by atoms with Crippen LogP contribution in [0.3, 0.4) is 0 Å². The standard InChI is InChI=1S/C29H31ClN2O3/c1-17-13-21(9-10-25(17)30)20(4)31-24-8-5-7-22(16-24)23-14-18(2)26(19(3)15-23)27(33)32-29(28(34)35)11-6-12-29/h5,7-10,13-16,20,31H,6,11-12H2,1-4H3,(H,32,33)(H,34,35). The average Bonchev–Trinajstić information content (AvgIpc) is 2.77. The fourth-order valence-electron chi connectivity index (χ4n) is 4.75. The maximum Gasteiger partial charge on any atom is 0.329 e. The molecule has 182 valence electrons. The third-order valence-corrected chi connectivity index (χ3v) is 7.41. The highest BCUT2D eigenvalue weighted by atomic mass is 35.5. The van der Waals surface area contributed by atoms with Crippen molar-refractivity contribution < 1.29 is 14.7 Å². The van der Waals surface area contributed by atoms with Gasteiger partial charge in [0.15, 0.2) is 0 Å². The third-order valence-electron chi connectivity index (χ3n) is 6.99. The van der Waals surface area contributed by atoms with E-state index in [2.05, 4.69) is 29.7 Å². The number of anilines is 1. The molecule has 5 nitrogen and oxygen atoms in total. The van der Waals surface area contributed by atoms with Gasteiger partial charge in [-0.05, 0) is 98.5 Å². The van der Waals surface area contributed by atoms with Crippen LogP contribution in [0.2, 0.25) is 5.02 Å². The van der Waals surface area contributed by atoms with Crippen LogP contribution in [-0.4, -0.2) is 22.5 Å². The fraction of sp³-hybridized carbons (Fsp3) is 0.310. The first kappa shape index (κ1) is 24.8. The van der Waals surface area contributed by atoms with Crippen molar-refractivity contribution in [3.8, 4) is 11.1 Å². The number of benzene rings is 3. The van der Waals surface area contributed by atoms with E-state index in [1.165, 1.54) is 0 Å². The number of hydrogen-bond donors (Lipinski definition) is 3. The van der Waals surface area contributed by atoms with Gasteiger partial charge in [0.05, 0.1) is 0 Å². The van der Waals surface area contributed by atoms with E-state index >= 15 is 0 Å². The van der Waals surface area contributed by atoms with Crippen LogP contribution < -0.4 is 10.6 Å². The number of nitrogens with one attached hydrogen (secondary N) is 2. The molecule has 4 rings (SSSR count). The molecule has 1 atom stereocenters. The van der Waals surface area contributed by atoms with Crippen molar-refractivity contribution in [2.45, 2.75) is 58.5 Å². The number of rotatable bonds is 7. The van der Waals surface area contributed by atoms with Gasteiger partial charge < -0.3 is 15.7 Å². The van der Waals surface area contributed by atoms with E-state index in [-0.39, 0.29) is 11.9 Å². The Morgan fingerprint density at radius 1 is 0.943 bits per heavy atom. The molecule has 0 saturated heterocycles. The lowest BCUT2D eigenvalue weighted by molar-refractivity contribution is -0.148. The molecule has 3 aromatic carbocycles. The second-order valence-corrected chi connectivity index (χ2v) is 10.0. The third kappa shape index (κ3) is 5.06. The highest BCUT2D eigenvalue weighted by Crippen LogP contribution is 2.34. The Morgan fingerprint density at radius 3 is 2.20 bits per heavy atom. The van der Waals surface area contributed by atoms with Crippen molar-refractivity contribution in [2.75, 3.05) is 5.32 Å². The molecule has 3 N–H and O–H groups in total. The van der Waals surface area contributed by atoms with Crippen LogP contribution in [0.25, 0.3) is 11.1 Å². The number of carboxylic acid groups (broad SMARTS) is 1. The van der Waals surface area contributed by atoms with Gasteiger partial charge in [-0.15, -0.1) is 0 Å². The quantitative estimate of drug-likeness (QED) is 0.338. The minimum absolute atomic E-state index is 0.101. The molecule has 0 radical (unpaired) electrons. The lowest BCUT2D eigenvalue weighted by Gasteiger charge is -2.38. The number of aryl methyl sites for hydroxylation is 3. The Bertz CT molecular complexity index is 1270. The topological polar surface area (TPSA) is 78.4 Å². The molecule has 0 aromatic heterocycles. The summed E-state index contributed by atoms with van der Waals surface area (Å²) in [4.78, 5) is 24.7. The Balaban J connectivity index is 1.55. The van der Waals surface area contributed by atoms with Crippen LogP contribution >= 0.6 is 11.6 Å². The summed E-state index contributed by atoms with van der Waals surface area (Å²) in [6.07, 6.45) is 1.75. The second kappa shape index (κ2) is 9.74. The molecule has 1 fully saturated rings. The van der Waals surface area contributed by atoms with Gasteiger partial charge in [-0.1, -0.05) is 48.0 Å². The molecule has 1 unspecified atom stereocenters. The highest BCUT2D eigenvalue weighted by Gasteiger charge is 2.46. The van der Waals surface area contributed by atoms with E-state index < -0.39 is 11.5 Å². The molecule has 3 aromatic rings. The van der Waals surface area contributed by atoms with Crippen molar-refractivity contribution >= 4 is 29.2 Å². The molecule has 0 spiro atoms. The molecular weight excluding hydrogens is 460 g/mol. The number of amides is 1. The predicted molar refractivity (Wildman–Crippen MR) is 141 cm³/mol. The van der Waals surface area contributed by atoms with Crippen LogP contribution in [0, 0.1) is 20.8 Å². The monoisotopic (exact) mass is 490 g/mol. The smallest absolute Gasteiger partial charge is 0.329 e. The summed E-state index contributed by atoms with van der Waals surface area (Å²) in [5, 5.41) is 16.7. The Morgan fingerprint density at radius 2 is 1.63 bits per heavy atom. The molecule has 1 amide bonds. The maximum absolute atomic E-state index is 13.0. The van der Waals surface area contributed by atoms with Crippen molar-refractivity contribution in [1.29, 1.82) is 0 Å². The minimum atomic E-state index is -1.13. The van der Waals surface area contributed by atoms with Crippen molar-refractivity contribution in [3.05, 3.63) is 87.4 Å². The maximum atomic E-state index is 13.0. The molecule has 1 saturated carbocycles. The van der Waals surface area contributed by atoms with Crippen LogP contribution in [0.15, 0.2) is 54.6 Å². The Kier molecular flexibility index (Phi) is 6.91. The van der Waals surface area contributed by atoms with Crippen LogP contribution in [0.4, 0.5) is 5.69 Å². The molecular formula is C29H31ClN2O3. The zero-order valence-corrected chi connectivity index (χ0v) is 21.3. The molecule has 0 bridgehead atoms. The lowest BCUT2D eigenvalue weighted by Crippen LogP contribution is -2.59. The SMILES string of the molecule is Cc1cc(C(C)Nc2cccc(-c3cc(C)c(C(=O)NC4(C(=O)O)CCC4)c(C)c3)c2)ccc1Cl. The van der Waals surface area contributed by atoms with Crippen LogP contribution in [-0.2, 0) is 4.79 Å². The number of hydrogen-bond acceptors (Lipinski definition) is 3. The number of halogens is 1. The summed E-state index contributed by atoms with van der Waals surface area (Å²) in [7, 11) is 0. The molecule has 1 aliphatic carbocycles. The van der Waals surface area contributed by atoms with Crippen molar-refractivity contribution in [1.82, 2.24) is 5.32 Å². The first-order valence-corrected chi connectivity index (χ1v) is 12.3. The number of carboxylic acids is 1. The minimum Gasteiger partial charge on any atom is -0.480 e. The van der Waals surface area contributed by atoms with E-state index in [0.29, 0.717) is 18.4 Å². The van der Waals surface area contributed by atoms with Crippen molar-refractivity contribution in [3.63, 3.8) is 0 Å². The molecule has 0 aliphatic heterocycles. The summed E-state index contributed by atoms with van der Waals surface area (Å²) in [6.45, 7) is 7.91. The molecule has 35 heavy (non-hydrogen) atoms. The largest absolute Gasteiger partial charge is 0.480 e. The van der Waals surface area contributed by atoms with Gasteiger partial charge in [0, 0.05) is 22.3 Å². The normalized spacial score (nSPS) is 15.1. The van der Waals surface area contributed by atoms with Gasteiger partial charge >= 0.3 is 5.97 Å². The number of aliphatic carboxylic acids is 1. The highest BCUT2D eigenvalue weighted by molar-refractivity contribution is 6.31. The van der Waals surface area contributed by atoms with E-state index in [4.69, 9.17) is 11.6 Å². The van der Waals surface area contributed by atoms with E-state index in [9.17, 15) is 14.7 Å². The fourth-order valence-corrected chi connectivity index (χ4v) is 4.87. The van der Waals surface area contributed by atoms with Gasteiger partial charge in [0.1, 0.15) is 5.54 Å². The van der Waals surface area contributed by atoms with E-state index in [1.54, 1.807) is 0 Å². The van der Waals surface area contributed by atoms with Gasteiger partial charge in [0.2, 0.25) is 0 Å². The molecule has 6 heteroatoms. The summed E-state index contributed by atoms with van der Waals surface area (Å²) < 4.78 is 0. The average molecular weight is 491 g/mol. The molecule has 1 aliphatic rings. The first-order valence-electron chi connectivity index (χ1n) is 11.9. The predicted octanol–water partition coefficient (Wildman–Crippen LogP) is 6.84. The summed E-state index contributed by atoms with van der Waals surface area (Å²) in [5.74, 6) is -1.28. The summed E-state index contributed by atoms with van der Waals surface area (Å²) in [5.41, 5.74) is 6.30. The van der Waals surface area contributed by atoms with Gasteiger partial charge in [-0.3, -0.25) is 4.79 Å². The number of carbonyl (C=O) groups excluding carboxylic acids is 1.